The Bertz CT molecular complexity index is 1360. The van der Waals surface area contributed by atoms with Crippen LogP contribution >= 0.6 is 0 Å². The summed E-state index contributed by atoms with van der Waals surface area (Å²) in [5, 5.41) is 2.74. The minimum absolute atomic E-state index is 0.0250. The van der Waals surface area contributed by atoms with Crippen LogP contribution in [0.4, 0.5) is 4.79 Å². The van der Waals surface area contributed by atoms with Gasteiger partial charge in [0.05, 0.1) is 26.7 Å². The molecule has 0 spiro atoms. The predicted molar refractivity (Wildman–Crippen MR) is 135 cm³/mol. The van der Waals surface area contributed by atoms with Crippen LogP contribution < -0.4 is 29.0 Å². The number of hydrogen-bond donors (Lipinski definition) is 1. The minimum atomic E-state index is -0.645. The Morgan fingerprint density at radius 3 is 2.39 bits per heavy atom. The first-order valence-corrected chi connectivity index (χ1v) is 12.4. The number of amides is 1. The molecule has 0 aromatic heterocycles. The molecule has 0 saturated carbocycles. The summed E-state index contributed by atoms with van der Waals surface area (Å²) in [6.07, 6.45) is 0.0593. The molecule has 196 valence electrons. The lowest BCUT2D eigenvalue weighted by Gasteiger charge is -2.34. The molecule has 2 heterocycles. The molecule has 0 unspecified atom stereocenters. The molecule has 0 radical (unpaired) electrons. The zero-order valence-corrected chi connectivity index (χ0v) is 21.0. The van der Waals surface area contributed by atoms with Crippen molar-refractivity contribution in [1.82, 2.24) is 5.32 Å². The Balaban J connectivity index is 1.35. The molecular formula is C29H27NO8. The molecule has 0 bridgehead atoms. The first-order valence-electron chi connectivity index (χ1n) is 12.4. The van der Waals surface area contributed by atoms with Gasteiger partial charge in [-0.15, -0.1) is 0 Å². The fourth-order valence-electron chi connectivity index (χ4n) is 5.58. The maximum Gasteiger partial charge on any atom is 0.413 e. The van der Waals surface area contributed by atoms with Gasteiger partial charge in [0.15, 0.2) is 23.0 Å². The second-order valence-electron chi connectivity index (χ2n) is 9.49. The third-order valence-electron chi connectivity index (χ3n) is 7.35. The largest absolute Gasteiger partial charge is 0.493 e. The SMILES string of the molecule is COc1cc([C@@H]2c3cc4c(cc3C[C@H]3COC(=O)[C@@H]32)OCO4)cc(OC)c1OC(=O)NCc1ccccc1. The molecule has 1 amide bonds. The van der Waals surface area contributed by atoms with E-state index in [4.69, 9.17) is 28.4 Å². The van der Waals surface area contributed by atoms with Crippen LogP contribution in [0.1, 0.15) is 28.2 Å². The fourth-order valence-corrected chi connectivity index (χ4v) is 5.58. The highest BCUT2D eigenvalue weighted by Gasteiger charge is 2.48. The number of cyclic esters (lactones) is 1. The maximum atomic E-state index is 12.9. The van der Waals surface area contributed by atoms with Gasteiger partial charge in [-0.1, -0.05) is 30.3 Å². The van der Waals surface area contributed by atoms with Gasteiger partial charge in [0, 0.05) is 18.4 Å². The van der Waals surface area contributed by atoms with Gasteiger partial charge in [-0.25, -0.2) is 4.79 Å². The number of rotatable bonds is 6. The molecule has 1 saturated heterocycles. The van der Waals surface area contributed by atoms with Crippen LogP contribution in [0.2, 0.25) is 0 Å². The van der Waals surface area contributed by atoms with Crippen molar-refractivity contribution >= 4 is 12.1 Å². The van der Waals surface area contributed by atoms with Gasteiger partial charge in [0.2, 0.25) is 12.5 Å². The van der Waals surface area contributed by atoms with E-state index >= 15 is 0 Å². The molecule has 1 aliphatic carbocycles. The van der Waals surface area contributed by atoms with E-state index in [0.29, 0.717) is 42.6 Å². The number of fused-ring (bicyclic) bond motifs is 3. The van der Waals surface area contributed by atoms with Gasteiger partial charge in [-0.05, 0) is 52.9 Å². The van der Waals surface area contributed by atoms with Crippen LogP contribution in [0, 0.1) is 11.8 Å². The van der Waals surface area contributed by atoms with Crippen molar-refractivity contribution in [2.75, 3.05) is 27.6 Å². The number of methoxy groups -OCH3 is 2. The quantitative estimate of drug-likeness (QED) is 0.486. The summed E-state index contributed by atoms with van der Waals surface area (Å²) >= 11 is 0. The molecule has 3 atom stereocenters. The van der Waals surface area contributed by atoms with Gasteiger partial charge in [0.25, 0.3) is 0 Å². The lowest BCUT2D eigenvalue weighted by Crippen LogP contribution is -2.31. The molecule has 1 fully saturated rings. The lowest BCUT2D eigenvalue weighted by molar-refractivity contribution is -0.141. The van der Waals surface area contributed by atoms with Crippen LogP contribution in [-0.2, 0) is 22.5 Å². The van der Waals surface area contributed by atoms with E-state index in [9.17, 15) is 9.59 Å². The number of esters is 1. The summed E-state index contributed by atoms with van der Waals surface area (Å²) in [6, 6.07) is 17.0. The van der Waals surface area contributed by atoms with Crippen molar-refractivity contribution < 1.29 is 38.0 Å². The number of nitrogens with one attached hydrogen (secondary N) is 1. The smallest absolute Gasteiger partial charge is 0.413 e. The predicted octanol–water partition coefficient (Wildman–Crippen LogP) is 4.20. The third kappa shape index (κ3) is 4.23. The summed E-state index contributed by atoms with van der Waals surface area (Å²) in [7, 11) is 2.99. The van der Waals surface area contributed by atoms with Gasteiger partial charge in [-0.3, -0.25) is 4.79 Å². The molecule has 3 aromatic carbocycles. The topological polar surface area (TPSA) is 102 Å². The van der Waals surface area contributed by atoms with Crippen LogP contribution in [0.3, 0.4) is 0 Å². The monoisotopic (exact) mass is 517 g/mol. The van der Waals surface area contributed by atoms with Crippen molar-refractivity contribution in [2.24, 2.45) is 11.8 Å². The van der Waals surface area contributed by atoms with Gasteiger partial charge in [0.1, 0.15) is 0 Å². The maximum absolute atomic E-state index is 12.9. The van der Waals surface area contributed by atoms with E-state index in [1.807, 2.05) is 42.5 Å². The van der Waals surface area contributed by atoms with Crippen molar-refractivity contribution in [3.05, 3.63) is 76.9 Å². The molecule has 9 heteroatoms. The summed E-state index contributed by atoms with van der Waals surface area (Å²) in [6.45, 7) is 0.839. The molecule has 1 N–H and O–H groups in total. The van der Waals surface area contributed by atoms with Crippen molar-refractivity contribution in [3.63, 3.8) is 0 Å². The zero-order valence-electron chi connectivity index (χ0n) is 21.0. The normalized spacial score (nSPS) is 20.7. The summed E-state index contributed by atoms with van der Waals surface area (Å²) in [5.74, 6) is 1.19. The number of carbonyl (C=O) groups excluding carboxylic acids is 2. The van der Waals surface area contributed by atoms with E-state index in [-0.39, 0.29) is 36.3 Å². The highest BCUT2D eigenvalue weighted by atomic mass is 16.7. The molecular weight excluding hydrogens is 490 g/mol. The van der Waals surface area contributed by atoms with Crippen molar-refractivity contribution in [3.8, 4) is 28.7 Å². The highest BCUT2D eigenvalue weighted by molar-refractivity contribution is 5.79. The first kappa shape index (κ1) is 24.0. The molecule has 3 aromatic rings. The van der Waals surface area contributed by atoms with Gasteiger partial charge >= 0.3 is 12.1 Å². The van der Waals surface area contributed by atoms with E-state index in [1.165, 1.54) is 14.2 Å². The average Bonchev–Trinajstić information content (AvgIpc) is 3.55. The standard InChI is InChI=1S/C29H27NO8/c1-33-23-10-18(11-24(34-2)27(23)38-29(32)30-13-16-6-4-3-5-7-16)25-20-12-22-21(36-15-37-22)9-17(20)8-19-14-35-28(31)26(19)25/h3-7,9-12,19,25-26H,8,13-15H2,1-2H3,(H,30,32)/t19-,25+,26-/m0/s1. The number of ether oxygens (including phenoxy) is 6. The zero-order chi connectivity index (χ0) is 26.2. The van der Waals surface area contributed by atoms with Crippen LogP contribution in [0.5, 0.6) is 28.7 Å². The third-order valence-corrected chi connectivity index (χ3v) is 7.35. The molecule has 3 aliphatic rings. The number of hydrogen-bond acceptors (Lipinski definition) is 8. The van der Waals surface area contributed by atoms with E-state index in [2.05, 4.69) is 5.32 Å². The molecule has 38 heavy (non-hydrogen) atoms. The minimum Gasteiger partial charge on any atom is -0.493 e. The molecule has 9 nitrogen and oxygen atoms in total. The van der Waals surface area contributed by atoms with Gasteiger partial charge < -0.3 is 33.7 Å². The summed E-state index contributed by atoms with van der Waals surface area (Å²) in [4.78, 5) is 25.6. The fraction of sp³-hybridized carbons (Fsp3) is 0.310. The van der Waals surface area contributed by atoms with E-state index in [1.54, 1.807) is 12.1 Å². The van der Waals surface area contributed by atoms with Crippen molar-refractivity contribution in [2.45, 2.75) is 18.9 Å². The Morgan fingerprint density at radius 2 is 1.68 bits per heavy atom. The molecule has 2 aliphatic heterocycles. The Labute approximate surface area is 219 Å². The highest BCUT2D eigenvalue weighted by Crippen LogP contribution is 2.52. The molecule has 6 rings (SSSR count). The number of carbonyl (C=O) groups is 2. The number of benzene rings is 3. The first-order chi connectivity index (χ1) is 18.6. The lowest BCUT2D eigenvalue weighted by atomic mass is 9.67. The van der Waals surface area contributed by atoms with Crippen molar-refractivity contribution in [1.29, 1.82) is 0 Å². The Morgan fingerprint density at radius 1 is 0.974 bits per heavy atom. The van der Waals surface area contributed by atoms with Crippen LogP contribution in [0.25, 0.3) is 0 Å². The second-order valence-corrected chi connectivity index (χ2v) is 9.49. The Kier molecular flexibility index (Phi) is 6.19. The van der Waals surface area contributed by atoms with E-state index < -0.39 is 6.09 Å². The van der Waals surface area contributed by atoms with Crippen LogP contribution in [0.15, 0.2) is 54.6 Å². The Hall–Kier alpha value is -4.40. The average molecular weight is 518 g/mol. The second kappa shape index (κ2) is 9.81. The van der Waals surface area contributed by atoms with Gasteiger partial charge in [-0.2, -0.15) is 0 Å². The van der Waals surface area contributed by atoms with Crippen LogP contribution in [-0.4, -0.2) is 39.7 Å². The summed E-state index contributed by atoms with van der Waals surface area (Å²) < 4.78 is 33.6. The summed E-state index contributed by atoms with van der Waals surface area (Å²) in [5.41, 5.74) is 3.77. The van der Waals surface area contributed by atoms with E-state index in [0.717, 1.165) is 22.3 Å².